The maximum atomic E-state index is 12.2. The quantitative estimate of drug-likeness (QED) is 0.845. The van der Waals surface area contributed by atoms with Crippen molar-refractivity contribution >= 4 is 34.8 Å². The number of nitrogens with one attached hydrogen (secondary N) is 1. The van der Waals surface area contributed by atoms with Gasteiger partial charge < -0.3 is 15.0 Å². The molecular formula is C19H21ClN2O3. The molecule has 0 heterocycles. The third-order valence-corrected chi connectivity index (χ3v) is 3.99. The van der Waals surface area contributed by atoms with Crippen LogP contribution in [0, 0.1) is 6.92 Å². The van der Waals surface area contributed by atoms with E-state index in [0.717, 1.165) is 11.3 Å². The van der Waals surface area contributed by atoms with Crippen LogP contribution in [0.1, 0.15) is 18.9 Å². The average Bonchev–Trinajstić information content (AvgIpc) is 2.55. The van der Waals surface area contributed by atoms with E-state index in [-0.39, 0.29) is 24.8 Å². The first-order valence-corrected chi connectivity index (χ1v) is 8.26. The molecule has 0 aliphatic carbocycles. The highest BCUT2D eigenvalue weighted by Gasteiger charge is 2.15. The maximum absolute atomic E-state index is 12.2. The SMILES string of the molecule is COc1ccc(N(CCC(=O)Nc2cccc(C)c2)C(C)=O)cc1Cl. The molecule has 0 aromatic heterocycles. The number of hydrogen-bond donors (Lipinski definition) is 1. The van der Waals surface area contributed by atoms with Gasteiger partial charge in [0.05, 0.1) is 12.1 Å². The highest BCUT2D eigenvalue weighted by molar-refractivity contribution is 6.32. The number of halogens is 1. The normalized spacial score (nSPS) is 10.2. The average molecular weight is 361 g/mol. The number of nitrogens with zero attached hydrogens (tertiary/aromatic N) is 1. The molecule has 0 aliphatic rings. The van der Waals surface area contributed by atoms with Gasteiger partial charge in [0.2, 0.25) is 11.8 Å². The Labute approximate surface area is 152 Å². The molecule has 0 unspecified atom stereocenters. The molecule has 6 heteroatoms. The number of amides is 2. The van der Waals surface area contributed by atoms with Crippen molar-refractivity contribution in [2.45, 2.75) is 20.3 Å². The molecule has 2 aromatic rings. The third kappa shape index (κ3) is 5.22. The van der Waals surface area contributed by atoms with Crippen LogP contribution in [0.2, 0.25) is 5.02 Å². The summed E-state index contributed by atoms with van der Waals surface area (Å²) in [6.07, 6.45) is 0.178. The standard InChI is InChI=1S/C19H21ClN2O3/c1-13-5-4-6-15(11-13)21-19(24)9-10-22(14(2)23)16-7-8-18(25-3)17(20)12-16/h4-8,11-12H,9-10H2,1-3H3,(H,21,24). The fourth-order valence-corrected chi connectivity index (χ4v) is 2.70. The second kappa shape index (κ2) is 8.53. The Balaban J connectivity index is 2.03. The smallest absolute Gasteiger partial charge is 0.226 e. The second-order valence-corrected chi connectivity index (χ2v) is 6.06. The van der Waals surface area contributed by atoms with Crippen LogP contribution in [0.5, 0.6) is 5.75 Å². The van der Waals surface area contributed by atoms with E-state index in [9.17, 15) is 9.59 Å². The summed E-state index contributed by atoms with van der Waals surface area (Å²) in [5.74, 6) is 0.215. The molecule has 1 N–H and O–H groups in total. The minimum absolute atomic E-state index is 0.156. The Bertz CT molecular complexity index is 777. The van der Waals surface area contributed by atoms with Crippen molar-refractivity contribution < 1.29 is 14.3 Å². The van der Waals surface area contributed by atoms with Gasteiger partial charge >= 0.3 is 0 Å². The van der Waals surface area contributed by atoms with Gasteiger partial charge in [-0.1, -0.05) is 23.7 Å². The largest absolute Gasteiger partial charge is 0.495 e. The van der Waals surface area contributed by atoms with Gasteiger partial charge in [0, 0.05) is 31.3 Å². The molecule has 2 amide bonds. The van der Waals surface area contributed by atoms with Crippen LogP contribution in [-0.4, -0.2) is 25.5 Å². The first-order chi connectivity index (χ1) is 11.9. The molecule has 0 fully saturated rings. The lowest BCUT2D eigenvalue weighted by atomic mass is 10.2. The highest BCUT2D eigenvalue weighted by Crippen LogP contribution is 2.29. The van der Waals surface area contributed by atoms with Crippen LogP contribution >= 0.6 is 11.6 Å². The van der Waals surface area contributed by atoms with Crippen molar-refractivity contribution in [3.8, 4) is 5.75 Å². The van der Waals surface area contributed by atoms with Gasteiger partial charge in [0.1, 0.15) is 5.75 Å². The summed E-state index contributed by atoms with van der Waals surface area (Å²) in [6, 6.07) is 12.7. The first kappa shape index (κ1) is 18.8. The number of carbonyl (C=O) groups excluding carboxylic acids is 2. The zero-order chi connectivity index (χ0) is 18.4. The second-order valence-electron chi connectivity index (χ2n) is 5.66. The van der Waals surface area contributed by atoms with Gasteiger partial charge in [-0.2, -0.15) is 0 Å². The molecule has 0 radical (unpaired) electrons. The van der Waals surface area contributed by atoms with Crippen LogP contribution in [-0.2, 0) is 9.59 Å². The zero-order valence-electron chi connectivity index (χ0n) is 14.5. The van der Waals surface area contributed by atoms with Crippen molar-refractivity contribution in [2.24, 2.45) is 0 Å². The summed E-state index contributed by atoms with van der Waals surface area (Å²) in [5.41, 5.74) is 2.43. The van der Waals surface area contributed by atoms with Crippen LogP contribution < -0.4 is 15.0 Å². The van der Waals surface area contributed by atoms with Crippen molar-refractivity contribution in [3.63, 3.8) is 0 Å². The van der Waals surface area contributed by atoms with Crippen LogP contribution in [0.4, 0.5) is 11.4 Å². The van der Waals surface area contributed by atoms with E-state index in [1.54, 1.807) is 18.2 Å². The van der Waals surface area contributed by atoms with Gasteiger partial charge in [-0.15, -0.1) is 0 Å². The number of hydrogen-bond acceptors (Lipinski definition) is 3. The fraction of sp³-hybridized carbons (Fsp3) is 0.263. The van der Waals surface area contributed by atoms with Crippen LogP contribution in [0.3, 0.4) is 0 Å². The topological polar surface area (TPSA) is 58.6 Å². The molecule has 0 atom stereocenters. The van der Waals surface area contributed by atoms with Gasteiger partial charge in [-0.25, -0.2) is 0 Å². The number of rotatable bonds is 6. The van der Waals surface area contributed by atoms with Gasteiger partial charge in [0.25, 0.3) is 0 Å². The minimum Gasteiger partial charge on any atom is -0.495 e. The Morgan fingerprint density at radius 2 is 1.96 bits per heavy atom. The number of carbonyl (C=O) groups is 2. The van der Waals surface area contributed by atoms with Gasteiger partial charge in [0.15, 0.2) is 0 Å². The van der Waals surface area contributed by atoms with E-state index in [0.29, 0.717) is 16.5 Å². The van der Waals surface area contributed by atoms with E-state index >= 15 is 0 Å². The number of methoxy groups -OCH3 is 1. The molecule has 132 valence electrons. The summed E-state index contributed by atoms with van der Waals surface area (Å²) < 4.78 is 5.11. The predicted molar refractivity (Wildman–Crippen MR) is 100 cm³/mol. The van der Waals surface area contributed by atoms with Crippen LogP contribution in [0.15, 0.2) is 42.5 Å². The van der Waals surface area contributed by atoms with E-state index in [1.807, 2.05) is 31.2 Å². The number of anilines is 2. The van der Waals surface area contributed by atoms with Gasteiger partial charge in [-0.05, 0) is 42.8 Å². The number of benzene rings is 2. The maximum Gasteiger partial charge on any atom is 0.226 e. The van der Waals surface area contributed by atoms with E-state index in [4.69, 9.17) is 16.3 Å². The van der Waals surface area contributed by atoms with Crippen LogP contribution in [0.25, 0.3) is 0 Å². The number of aryl methyl sites for hydroxylation is 1. The van der Waals surface area contributed by atoms with E-state index in [1.165, 1.54) is 18.9 Å². The van der Waals surface area contributed by atoms with E-state index < -0.39 is 0 Å². The van der Waals surface area contributed by atoms with E-state index in [2.05, 4.69) is 5.32 Å². The van der Waals surface area contributed by atoms with Crippen molar-refractivity contribution in [3.05, 3.63) is 53.1 Å². The van der Waals surface area contributed by atoms with Crippen molar-refractivity contribution in [2.75, 3.05) is 23.9 Å². The molecule has 2 aromatic carbocycles. The number of ether oxygens (including phenoxy) is 1. The summed E-state index contributed by atoms with van der Waals surface area (Å²) in [4.78, 5) is 25.6. The highest BCUT2D eigenvalue weighted by atomic mass is 35.5. The van der Waals surface area contributed by atoms with Gasteiger partial charge in [-0.3, -0.25) is 9.59 Å². The monoisotopic (exact) mass is 360 g/mol. The molecule has 5 nitrogen and oxygen atoms in total. The summed E-state index contributed by atoms with van der Waals surface area (Å²) in [7, 11) is 1.53. The lowest BCUT2D eigenvalue weighted by Crippen LogP contribution is -2.32. The molecule has 0 spiro atoms. The molecule has 0 bridgehead atoms. The predicted octanol–water partition coefficient (Wildman–Crippen LogP) is 4.04. The Hall–Kier alpha value is -2.53. The Morgan fingerprint density at radius 3 is 2.56 bits per heavy atom. The molecular weight excluding hydrogens is 340 g/mol. The third-order valence-electron chi connectivity index (χ3n) is 3.69. The molecule has 0 saturated heterocycles. The van der Waals surface area contributed by atoms with Crippen molar-refractivity contribution in [1.82, 2.24) is 0 Å². The summed E-state index contributed by atoms with van der Waals surface area (Å²) >= 11 is 6.12. The Kier molecular flexibility index (Phi) is 6.42. The molecule has 0 aliphatic heterocycles. The fourth-order valence-electron chi connectivity index (χ4n) is 2.45. The molecule has 25 heavy (non-hydrogen) atoms. The summed E-state index contributed by atoms with van der Waals surface area (Å²) in [6.45, 7) is 3.67. The minimum atomic E-state index is -0.162. The molecule has 0 saturated carbocycles. The Morgan fingerprint density at radius 1 is 1.20 bits per heavy atom. The zero-order valence-corrected chi connectivity index (χ0v) is 15.3. The lowest BCUT2D eigenvalue weighted by Gasteiger charge is -2.21. The first-order valence-electron chi connectivity index (χ1n) is 7.89. The van der Waals surface area contributed by atoms with Crippen molar-refractivity contribution in [1.29, 1.82) is 0 Å². The lowest BCUT2D eigenvalue weighted by molar-refractivity contribution is -0.117. The summed E-state index contributed by atoms with van der Waals surface area (Å²) in [5, 5.41) is 3.25. The molecule has 2 rings (SSSR count).